The zero-order valence-corrected chi connectivity index (χ0v) is 9.47. The third-order valence-electron chi connectivity index (χ3n) is 1.57. The number of hydrogen-bond donors (Lipinski definition) is 2. The molecule has 1 amide bonds. The fourth-order valence-corrected chi connectivity index (χ4v) is 0.929. The molecule has 0 radical (unpaired) electrons. The summed E-state index contributed by atoms with van der Waals surface area (Å²) in [7, 11) is 0. The first-order valence-corrected chi connectivity index (χ1v) is 4.93. The molecule has 1 atom stereocenters. The smallest absolute Gasteiger partial charge is 0.408 e. The van der Waals surface area contributed by atoms with E-state index in [-0.39, 0.29) is 13.2 Å². The largest absolute Gasteiger partial charge is 0.481 e. The summed E-state index contributed by atoms with van der Waals surface area (Å²) in [6.07, 6.45) is -0.123. The van der Waals surface area contributed by atoms with Crippen molar-refractivity contribution in [3.8, 4) is 0 Å². The van der Waals surface area contributed by atoms with Gasteiger partial charge in [-0.05, 0) is 6.92 Å². The van der Waals surface area contributed by atoms with E-state index in [1.54, 1.807) is 6.92 Å². The first-order valence-electron chi connectivity index (χ1n) is 4.93. The van der Waals surface area contributed by atoms with Crippen molar-refractivity contribution in [2.24, 2.45) is 0 Å². The number of aliphatic carboxylic acids is 1. The number of carbonyl (C=O) groups excluding carboxylic acids is 2. The number of esters is 1. The SMILES string of the molecule is C=CCOC(=O)N[C@H](CC(=O)O)C(=O)OCC. The van der Waals surface area contributed by atoms with Crippen LogP contribution in [0.2, 0.25) is 0 Å². The molecule has 0 aliphatic rings. The first-order chi connectivity index (χ1) is 8.01. The molecule has 0 saturated heterocycles. The van der Waals surface area contributed by atoms with Gasteiger partial charge in [0.1, 0.15) is 12.6 Å². The Morgan fingerprint density at radius 3 is 2.53 bits per heavy atom. The Balaban J connectivity index is 4.36. The minimum absolute atomic E-state index is 0.0333. The Morgan fingerprint density at radius 2 is 2.06 bits per heavy atom. The molecule has 17 heavy (non-hydrogen) atoms. The number of amides is 1. The van der Waals surface area contributed by atoms with Gasteiger partial charge in [0.25, 0.3) is 0 Å². The van der Waals surface area contributed by atoms with Crippen LogP contribution in [-0.4, -0.2) is 42.4 Å². The van der Waals surface area contributed by atoms with Crippen LogP contribution in [0.25, 0.3) is 0 Å². The molecule has 0 spiro atoms. The van der Waals surface area contributed by atoms with Crippen molar-refractivity contribution in [1.82, 2.24) is 5.32 Å². The summed E-state index contributed by atoms with van der Waals surface area (Å²) >= 11 is 0. The lowest BCUT2D eigenvalue weighted by atomic mass is 10.2. The van der Waals surface area contributed by atoms with Gasteiger partial charge in [-0.2, -0.15) is 0 Å². The standard InChI is InChI=1S/C10H15NO6/c1-3-5-17-10(15)11-7(6-8(12)13)9(14)16-4-2/h3,7H,1,4-6H2,2H3,(H,11,15)(H,12,13)/t7-/m1/s1. The quantitative estimate of drug-likeness (QED) is 0.494. The highest BCUT2D eigenvalue weighted by molar-refractivity contribution is 5.85. The van der Waals surface area contributed by atoms with Crippen LogP contribution in [0.15, 0.2) is 12.7 Å². The Morgan fingerprint density at radius 1 is 1.41 bits per heavy atom. The van der Waals surface area contributed by atoms with E-state index in [1.165, 1.54) is 6.08 Å². The molecule has 0 aromatic heterocycles. The predicted molar refractivity (Wildman–Crippen MR) is 57.4 cm³/mol. The monoisotopic (exact) mass is 245 g/mol. The van der Waals surface area contributed by atoms with Crippen LogP contribution >= 0.6 is 0 Å². The van der Waals surface area contributed by atoms with Crippen molar-refractivity contribution < 1.29 is 29.0 Å². The second kappa shape index (κ2) is 8.14. The molecule has 0 unspecified atom stereocenters. The molecule has 0 fully saturated rings. The van der Waals surface area contributed by atoms with Crippen LogP contribution in [-0.2, 0) is 19.1 Å². The number of carboxylic acid groups (broad SMARTS) is 1. The van der Waals surface area contributed by atoms with E-state index in [0.717, 1.165) is 0 Å². The molecule has 0 aliphatic carbocycles. The number of alkyl carbamates (subject to hydrolysis) is 1. The summed E-state index contributed by atoms with van der Waals surface area (Å²) in [5, 5.41) is 10.7. The summed E-state index contributed by atoms with van der Waals surface area (Å²) < 4.78 is 9.18. The Hall–Kier alpha value is -2.05. The third kappa shape index (κ3) is 6.93. The van der Waals surface area contributed by atoms with E-state index in [2.05, 4.69) is 21.4 Å². The number of ether oxygens (including phenoxy) is 2. The van der Waals surface area contributed by atoms with Gasteiger partial charge in [0, 0.05) is 0 Å². The molecule has 0 saturated carbocycles. The normalized spacial score (nSPS) is 11.1. The average molecular weight is 245 g/mol. The Labute approximate surface area is 98.4 Å². The maximum absolute atomic E-state index is 11.3. The van der Waals surface area contributed by atoms with Crippen molar-refractivity contribution in [3.63, 3.8) is 0 Å². The van der Waals surface area contributed by atoms with Crippen LogP contribution in [0, 0.1) is 0 Å². The summed E-state index contributed by atoms with van der Waals surface area (Å²) in [6.45, 7) is 4.97. The van der Waals surface area contributed by atoms with Gasteiger partial charge in [0.05, 0.1) is 13.0 Å². The third-order valence-corrected chi connectivity index (χ3v) is 1.57. The van der Waals surface area contributed by atoms with E-state index >= 15 is 0 Å². The van der Waals surface area contributed by atoms with Crippen LogP contribution in [0.1, 0.15) is 13.3 Å². The molecule has 2 N–H and O–H groups in total. The van der Waals surface area contributed by atoms with E-state index in [4.69, 9.17) is 5.11 Å². The van der Waals surface area contributed by atoms with Crippen molar-refractivity contribution in [2.75, 3.05) is 13.2 Å². The lowest BCUT2D eigenvalue weighted by molar-refractivity contribution is -0.149. The van der Waals surface area contributed by atoms with Gasteiger partial charge in [-0.25, -0.2) is 9.59 Å². The highest BCUT2D eigenvalue weighted by atomic mass is 16.6. The van der Waals surface area contributed by atoms with E-state index in [1.807, 2.05) is 0 Å². The summed E-state index contributed by atoms with van der Waals surface area (Å²) in [5.74, 6) is -2.04. The Kier molecular flexibility index (Phi) is 7.16. The van der Waals surface area contributed by atoms with Gasteiger partial charge in [0.2, 0.25) is 0 Å². The average Bonchev–Trinajstić information content (AvgIpc) is 2.25. The van der Waals surface area contributed by atoms with Crippen LogP contribution in [0.5, 0.6) is 0 Å². The van der Waals surface area contributed by atoms with Crippen LogP contribution in [0.4, 0.5) is 4.79 Å². The Bertz CT molecular complexity index is 301. The summed E-state index contributed by atoms with van der Waals surface area (Å²) in [4.78, 5) is 32.9. The van der Waals surface area contributed by atoms with E-state index in [0.29, 0.717) is 0 Å². The van der Waals surface area contributed by atoms with E-state index in [9.17, 15) is 14.4 Å². The first kappa shape index (κ1) is 14.9. The maximum atomic E-state index is 11.3. The fourth-order valence-electron chi connectivity index (χ4n) is 0.929. The highest BCUT2D eigenvalue weighted by Gasteiger charge is 2.25. The summed E-state index contributed by atoms with van der Waals surface area (Å²) in [5.41, 5.74) is 0. The number of nitrogens with one attached hydrogen (secondary N) is 1. The molecule has 0 aliphatic heterocycles. The van der Waals surface area contributed by atoms with Gasteiger partial charge < -0.3 is 19.9 Å². The van der Waals surface area contributed by atoms with Gasteiger partial charge >= 0.3 is 18.0 Å². The lowest BCUT2D eigenvalue weighted by Crippen LogP contribution is -2.43. The maximum Gasteiger partial charge on any atom is 0.408 e. The number of rotatable bonds is 7. The second-order valence-corrected chi connectivity index (χ2v) is 2.93. The van der Waals surface area contributed by atoms with Crippen LogP contribution in [0.3, 0.4) is 0 Å². The molecular weight excluding hydrogens is 230 g/mol. The van der Waals surface area contributed by atoms with Crippen LogP contribution < -0.4 is 5.32 Å². The topological polar surface area (TPSA) is 102 Å². The van der Waals surface area contributed by atoms with Gasteiger partial charge in [-0.1, -0.05) is 12.7 Å². The number of carboxylic acids is 1. The molecular formula is C10H15NO6. The van der Waals surface area contributed by atoms with Crippen molar-refractivity contribution in [2.45, 2.75) is 19.4 Å². The minimum Gasteiger partial charge on any atom is -0.481 e. The molecule has 7 nitrogen and oxygen atoms in total. The molecule has 0 bridgehead atoms. The molecule has 0 aromatic rings. The minimum atomic E-state index is -1.26. The number of carbonyl (C=O) groups is 3. The van der Waals surface area contributed by atoms with Gasteiger partial charge in [-0.15, -0.1) is 0 Å². The zero-order chi connectivity index (χ0) is 13.3. The van der Waals surface area contributed by atoms with Crippen molar-refractivity contribution in [3.05, 3.63) is 12.7 Å². The van der Waals surface area contributed by atoms with Crippen molar-refractivity contribution >= 4 is 18.0 Å². The lowest BCUT2D eigenvalue weighted by Gasteiger charge is -2.14. The number of hydrogen-bond acceptors (Lipinski definition) is 5. The molecule has 0 rings (SSSR count). The van der Waals surface area contributed by atoms with Gasteiger partial charge in [0.15, 0.2) is 0 Å². The highest BCUT2D eigenvalue weighted by Crippen LogP contribution is 1.97. The molecule has 0 aromatic carbocycles. The predicted octanol–water partition coefficient (Wildman–Crippen LogP) is 0.305. The molecule has 7 heteroatoms. The van der Waals surface area contributed by atoms with E-state index < -0.39 is 30.5 Å². The summed E-state index contributed by atoms with van der Waals surface area (Å²) in [6, 6.07) is -1.26. The molecule has 96 valence electrons. The molecule has 0 heterocycles. The zero-order valence-electron chi connectivity index (χ0n) is 9.47. The van der Waals surface area contributed by atoms with Crippen molar-refractivity contribution in [1.29, 1.82) is 0 Å². The fraction of sp³-hybridized carbons (Fsp3) is 0.500. The second-order valence-electron chi connectivity index (χ2n) is 2.93. The van der Waals surface area contributed by atoms with Gasteiger partial charge in [-0.3, -0.25) is 4.79 Å².